The molecule has 0 radical (unpaired) electrons. The van der Waals surface area contributed by atoms with E-state index >= 15 is 0 Å². The van der Waals surface area contributed by atoms with E-state index in [9.17, 15) is 0 Å². The lowest BCUT2D eigenvalue weighted by molar-refractivity contribution is 0.473. The summed E-state index contributed by atoms with van der Waals surface area (Å²) < 4.78 is 5.65. The van der Waals surface area contributed by atoms with Crippen molar-refractivity contribution in [2.75, 3.05) is 13.1 Å². The first-order valence-electron chi connectivity index (χ1n) is 5.08. The van der Waals surface area contributed by atoms with Crippen LogP contribution in [0.25, 0.3) is 0 Å². The highest BCUT2D eigenvalue weighted by Gasteiger charge is 2.18. The molecular formula is C11H12Cl2N2O. The molecule has 0 aliphatic carbocycles. The Morgan fingerprint density at radius 2 is 2.06 bits per heavy atom. The maximum absolute atomic E-state index is 6.01. The molecule has 1 heterocycles. The molecule has 1 aliphatic rings. The number of halogens is 2. The van der Waals surface area contributed by atoms with Crippen LogP contribution in [0.4, 0.5) is 0 Å². The molecule has 1 aliphatic heterocycles. The van der Waals surface area contributed by atoms with Crippen molar-refractivity contribution in [2.45, 2.75) is 13.0 Å². The number of hydrogen-bond donors (Lipinski definition) is 1. The molecule has 2 rings (SSSR count). The lowest BCUT2D eigenvalue weighted by Gasteiger charge is -2.21. The Morgan fingerprint density at radius 3 is 2.69 bits per heavy atom. The van der Waals surface area contributed by atoms with E-state index in [0.717, 1.165) is 6.54 Å². The summed E-state index contributed by atoms with van der Waals surface area (Å²) in [4.78, 5) is 4.30. The van der Waals surface area contributed by atoms with Crippen molar-refractivity contribution in [3.63, 3.8) is 0 Å². The Balaban J connectivity index is 2.23. The number of nitrogens with one attached hydrogen (secondary N) is 1. The van der Waals surface area contributed by atoms with Crippen LogP contribution in [-0.2, 0) is 0 Å². The molecule has 5 heteroatoms. The zero-order valence-corrected chi connectivity index (χ0v) is 10.3. The molecule has 0 saturated heterocycles. The monoisotopic (exact) mass is 258 g/mol. The van der Waals surface area contributed by atoms with Crippen LogP contribution in [0.2, 0.25) is 10.0 Å². The summed E-state index contributed by atoms with van der Waals surface area (Å²) in [5.41, 5.74) is 0. The standard InChI is InChI=1S/C11H12Cl2N2O/c1-7-11(15-6-5-14-7)16-10-8(12)3-2-4-9(10)13/h2-4,7,14H,5-6H2,1H3. The van der Waals surface area contributed by atoms with Crippen molar-refractivity contribution in [1.82, 2.24) is 5.32 Å². The first-order valence-corrected chi connectivity index (χ1v) is 5.83. The fourth-order valence-electron chi connectivity index (χ4n) is 1.48. The van der Waals surface area contributed by atoms with E-state index in [-0.39, 0.29) is 6.04 Å². The Kier molecular flexibility index (Phi) is 3.69. The number of nitrogens with zero attached hydrogens (tertiary/aromatic N) is 1. The minimum absolute atomic E-state index is 0.0843. The molecule has 0 bridgehead atoms. The molecule has 0 saturated carbocycles. The summed E-state index contributed by atoms with van der Waals surface area (Å²) >= 11 is 12.0. The zero-order chi connectivity index (χ0) is 11.5. The van der Waals surface area contributed by atoms with Gasteiger partial charge in [0.25, 0.3) is 0 Å². The molecule has 3 nitrogen and oxygen atoms in total. The topological polar surface area (TPSA) is 33.6 Å². The molecule has 16 heavy (non-hydrogen) atoms. The van der Waals surface area contributed by atoms with Gasteiger partial charge in [-0.05, 0) is 19.1 Å². The average molecular weight is 259 g/mol. The third-order valence-electron chi connectivity index (χ3n) is 2.33. The lowest BCUT2D eigenvalue weighted by Crippen LogP contribution is -2.42. The van der Waals surface area contributed by atoms with Gasteiger partial charge in [0.2, 0.25) is 5.90 Å². The van der Waals surface area contributed by atoms with Crippen molar-refractivity contribution in [1.29, 1.82) is 0 Å². The van der Waals surface area contributed by atoms with Gasteiger partial charge in [0.1, 0.15) is 0 Å². The largest absolute Gasteiger partial charge is 0.439 e. The fraction of sp³-hybridized carbons (Fsp3) is 0.364. The van der Waals surface area contributed by atoms with Crippen LogP contribution < -0.4 is 10.1 Å². The number of benzene rings is 1. The fourth-order valence-corrected chi connectivity index (χ4v) is 1.95. The first kappa shape index (κ1) is 11.7. The highest BCUT2D eigenvalue weighted by Crippen LogP contribution is 2.32. The predicted molar refractivity (Wildman–Crippen MR) is 66.9 cm³/mol. The summed E-state index contributed by atoms with van der Waals surface area (Å²) in [7, 11) is 0. The summed E-state index contributed by atoms with van der Waals surface area (Å²) in [5, 5.41) is 4.24. The highest BCUT2D eigenvalue weighted by molar-refractivity contribution is 6.37. The van der Waals surface area contributed by atoms with Crippen LogP contribution in [0, 0.1) is 0 Å². The third-order valence-corrected chi connectivity index (χ3v) is 2.92. The van der Waals surface area contributed by atoms with Crippen LogP contribution in [0.3, 0.4) is 0 Å². The molecule has 86 valence electrons. The highest BCUT2D eigenvalue weighted by atomic mass is 35.5. The van der Waals surface area contributed by atoms with Gasteiger partial charge < -0.3 is 10.1 Å². The summed E-state index contributed by atoms with van der Waals surface area (Å²) in [6.45, 7) is 3.56. The van der Waals surface area contributed by atoms with E-state index < -0.39 is 0 Å². The van der Waals surface area contributed by atoms with Gasteiger partial charge in [0.05, 0.1) is 22.6 Å². The average Bonchev–Trinajstić information content (AvgIpc) is 2.26. The Hall–Kier alpha value is -0.770. The second-order valence-corrected chi connectivity index (χ2v) is 4.36. The summed E-state index contributed by atoms with van der Waals surface area (Å²) in [5.74, 6) is 1.10. The number of rotatable bonds is 1. The van der Waals surface area contributed by atoms with Gasteiger partial charge in [0.15, 0.2) is 5.75 Å². The SMILES string of the molecule is CC1NCCN=C1Oc1c(Cl)cccc1Cl. The minimum Gasteiger partial charge on any atom is -0.439 e. The molecular weight excluding hydrogens is 247 g/mol. The normalized spacial score (nSPS) is 20.4. The van der Waals surface area contributed by atoms with Gasteiger partial charge in [-0.3, -0.25) is 4.99 Å². The van der Waals surface area contributed by atoms with Crippen molar-refractivity contribution in [3.8, 4) is 5.75 Å². The van der Waals surface area contributed by atoms with E-state index in [1.807, 2.05) is 6.92 Å². The number of hydrogen-bond acceptors (Lipinski definition) is 3. The second-order valence-electron chi connectivity index (χ2n) is 3.55. The quantitative estimate of drug-likeness (QED) is 0.841. The van der Waals surface area contributed by atoms with E-state index in [0.29, 0.717) is 28.2 Å². The van der Waals surface area contributed by atoms with Gasteiger partial charge in [-0.25, -0.2) is 0 Å². The molecule has 1 unspecified atom stereocenters. The molecule has 1 atom stereocenters. The maximum Gasteiger partial charge on any atom is 0.207 e. The van der Waals surface area contributed by atoms with Gasteiger partial charge in [-0.15, -0.1) is 0 Å². The van der Waals surface area contributed by atoms with Gasteiger partial charge in [-0.1, -0.05) is 29.3 Å². The van der Waals surface area contributed by atoms with Crippen LogP contribution in [-0.4, -0.2) is 25.0 Å². The van der Waals surface area contributed by atoms with Crippen molar-refractivity contribution in [3.05, 3.63) is 28.2 Å². The van der Waals surface area contributed by atoms with Crippen LogP contribution in [0.5, 0.6) is 5.75 Å². The molecule has 0 amide bonds. The minimum atomic E-state index is 0.0843. The smallest absolute Gasteiger partial charge is 0.207 e. The number of ether oxygens (including phenoxy) is 1. The lowest BCUT2D eigenvalue weighted by atomic mass is 10.3. The van der Waals surface area contributed by atoms with Crippen molar-refractivity contribution < 1.29 is 4.74 Å². The summed E-state index contributed by atoms with van der Waals surface area (Å²) in [6.07, 6.45) is 0. The first-order chi connectivity index (χ1) is 7.68. The Labute approximate surface area is 104 Å². The second kappa shape index (κ2) is 5.04. The Morgan fingerprint density at radius 1 is 1.38 bits per heavy atom. The van der Waals surface area contributed by atoms with Crippen molar-refractivity contribution in [2.24, 2.45) is 4.99 Å². The van der Waals surface area contributed by atoms with Crippen LogP contribution >= 0.6 is 23.2 Å². The molecule has 0 spiro atoms. The Bertz CT molecular complexity index is 400. The van der Waals surface area contributed by atoms with Gasteiger partial charge in [0, 0.05) is 6.54 Å². The number of aliphatic imine (C=N–C) groups is 1. The van der Waals surface area contributed by atoms with Gasteiger partial charge in [-0.2, -0.15) is 0 Å². The summed E-state index contributed by atoms with van der Waals surface area (Å²) in [6, 6.07) is 5.34. The molecule has 1 N–H and O–H groups in total. The van der Waals surface area contributed by atoms with Crippen LogP contribution in [0.1, 0.15) is 6.92 Å². The van der Waals surface area contributed by atoms with E-state index in [4.69, 9.17) is 27.9 Å². The third kappa shape index (κ3) is 2.48. The van der Waals surface area contributed by atoms with Crippen LogP contribution in [0.15, 0.2) is 23.2 Å². The molecule has 0 fully saturated rings. The van der Waals surface area contributed by atoms with E-state index in [2.05, 4.69) is 10.3 Å². The maximum atomic E-state index is 6.01. The molecule has 1 aromatic rings. The van der Waals surface area contributed by atoms with Gasteiger partial charge >= 0.3 is 0 Å². The molecule has 0 aromatic heterocycles. The predicted octanol–water partition coefficient (Wildman–Crippen LogP) is 2.76. The van der Waals surface area contributed by atoms with E-state index in [1.54, 1.807) is 18.2 Å². The molecule has 1 aromatic carbocycles. The van der Waals surface area contributed by atoms with Crippen molar-refractivity contribution >= 4 is 29.1 Å². The number of para-hydroxylation sites is 1. The zero-order valence-electron chi connectivity index (χ0n) is 8.84. The van der Waals surface area contributed by atoms with E-state index in [1.165, 1.54) is 0 Å².